The van der Waals surface area contributed by atoms with Crippen LogP contribution < -0.4 is 11.1 Å². The van der Waals surface area contributed by atoms with Crippen molar-refractivity contribution in [2.75, 3.05) is 26.8 Å². The van der Waals surface area contributed by atoms with Gasteiger partial charge in [-0.05, 0) is 19.9 Å². The summed E-state index contributed by atoms with van der Waals surface area (Å²) in [5, 5.41) is 5.68. The molecule has 3 atom stereocenters. The molecule has 2 aromatic heterocycles. The Kier molecular flexibility index (Phi) is 6.24. The largest absolute Gasteiger partial charge is 0.416 e. The molecule has 3 N–H and O–H groups in total. The highest BCUT2D eigenvalue weighted by Crippen LogP contribution is 2.34. The van der Waals surface area contributed by atoms with Gasteiger partial charge in [-0.15, -0.1) is 0 Å². The van der Waals surface area contributed by atoms with E-state index in [4.69, 9.17) is 17.9 Å². The van der Waals surface area contributed by atoms with Crippen LogP contribution in [0.4, 0.5) is 31.1 Å². The van der Waals surface area contributed by atoms with E-state index >= 15 is 0 Å². The molecule has 0 bridgehead atoms. The number of imidazole rings is 1. The van der Waals surface area contributed by atoms with Crippen LogP contribution >= 0.6 is 0 Å². The number of urea groups is 1. The fourth-order valence-electron chi connectivity index (χ4n) is 3.02. The Labute approximate surface area is 193 Å². The molecule has 0 aromatic carbocycles. The summed E-state index contributed by atoms with van der Waals surface area (Å²) in [5.41, 5.74) is 3.80. The van der Waals surface area contributed by atoms with E-state index in [1.165, 1.54) is 30.1 Å². The van der Waals surface area contributed by atoms with Crippen molar-refractivity contribution in [1.29, 1.82) is 0 Å². The van der Waals surface area contributed by atoms with Gasteiger partial charge in [0.2, 0.25) is 0 Å². The lowest BCUT2D eigenvalue weighted by molar-refractivity contribution is -0.264. The molecular formula is C19H24F6N6O3. The van der Waals surface area contributed by atoms with Crippen LogP contribution in [0.25, 0.3) is 5.65 Å². The maximum atomic E-state index is 13.3. The van der Waals surface area contributed by atoms with Gasteiger partial charge in [0.25, 0.3) is 0 Å². The number of carbonyl (C=O) groups excluding carboxylic acids is 1. The zero-order valence-corrected chi connectivity index (χ0v) is 18.2. The second-order valence-electron chi connectivity index (χ2n) is 8.08. The molecule has 1 aliphatic rings. The van der Waals surface area contributed by atoms with Crippen molar-refractivity contribution in [2.45, 2.75) is 49.9 Å². The Hall–Kier alpha value is -2.65. The number of rotatable bonds is 8. The Morgan fingerprint density at radius 1 is 1.29 bits per heavy atom. The summed E-state index contributed by atoms with van der Waals surface area (Å²) >= 11 is 0. The summed E-state index contributed by atoms with van der Waals surface area (Å²) in [5.74, 6) is 0. The lowest BCUT2D eigenvalue weighted by atomic mass is 10.1. The summed E-state index contributed by atoms with van der Waals surface area (Å²) in [4.78, 5) is 17.0. The summed E-state index contributed by atoms with van der Waals surface area (Å²) < 4.78 is 106. The van der Waals surface area contributed by atoms with Gasteiger partial charge in [-0.1, -0.05) is 0 Å². The van der Waals surface area contributed by atoms with Crippen LogP contribution in [0.5, 0.6) is 0 Å². The van der Waals surface area contributed by atoms with Crippen LogP contribution in [0.3, 0.4) is 0 Å². The zero-order valence-electron chi connectivity index (χ0n) is 20.2. The van der Waals surface area contributed by atoms with Crippen molar-refractivity contribution < 1.29 is 43.4 Å². The van der Waals surface area contributed by atoms with Crippen LogP contribution in [-0.2, 0) is 9.47 Å². The molecule has 0 unspecified atom stereocenters. The van der Waals surface area contributed by atoms with Gasteiger partial charge >= 0.3 is 18.4 Å². The van der Waals surface area contributed by atoms with Crippen molar-refractivity contribution in [3.05, 3.63) is 29.7 Å². The van der Waals surface area contributed by atoms with Crippen LogP contribution in [0.2, 0.25) is 0 Å². The third kappa shape index (κ3) is 5.36. The Balaban J connectivity index is 1.89. The number of fused-ring (bicyclic) bond motifs is 1. The highest BCUT2D eigenvalue weighted by atomic mass is 19.4. The number of hydrogen-bond acceptors (Lipinski definition) is 6. The van der Waals surface area contributed by atoms with Crippen molar-refractivity contribution in [1.82, 2.24) is 24.8 Å². The molecule has 2 amide bonds. The van der Waals surface area contributed by atoms with Crippen LogP contribution in [0.1, 0.15) is 39.9 Å². The molecule has 2 aromatic rings. The lowest BCUT2D eigenvalue weighted by Gasteiger charge is -2.28. The average Bonchev–Trinajstić information content (AvgIpc) is 3.27. The van der Waals surface area contributed by atoms with Crippen molar-refractivity contribution in [3.63, 3.8) is 0 Å². The predicted molar refractivity (Wildman–Crippen MR) is 106 cm³/mol. The first-order valence-corrected chi connectivity index (χ1v) is 9.87. The quantitative estimate of drug-likeness (QED) is 0.540. The van der Waals surface area contributed by atoms with E-state index in [-0.39, 0.29) is 23.5 Å². The average molecular weight is 500 g/mol. The fourth-order valence-corrected chi connectivity index (χ4v) is 3.02. The summed E-state index contributed by atoms with van der Waals surface area (Å²) in [6.07, 6.45) is -7.16. The first kappa shape index (κ1) is 23.1. The third-order valence-corrected chi connectivity index (χ3v) is 5.15. The number of alkyl halides is 6. The van der Waals surface area contributed by atoms with Crippen molar-refractivity contribution in [2.24, 2.45) is 5.73 Å². The second kappa shape index (κ2) is 9.19. The van der Waals surface area contributed by atoms with Gasteiger partial charge in [-0.25, -0.2) is 14.3 Å². The van der Waals surface area contributed by atoms with E-state index in [0.717, 1.165) is 13.8 Å². The molecule has 34 heavy (non-hydrogen) atoms. The first-order chi connectivity index (χ1) is 16.4. The molecule has 0 saturated carbocycles. The molecule has 1 saturated heterocycles. The number of methoxy groups -OCH3 is 1. The molecule has 1 aliphatic heterocycles. The van der Waals surface area contributed by atoms with Gasteiger partial charge in [0.15, 0.2) is 11.2 Å². The van der Waals surface area contributed by atoms with E-state index in [0.29, 0.717) is 4.90 Å². The molecule has 3 rings (SSSR count). The van der Waals surface area contributed by atoms with Gasteiger partial charge in [-0.3, -0.25) is 0 Å². The third-order valence-electron chi connectivity index (χ3n) is 5.15. The number of hydrogen-bond donors (Lipinski definition) is 2. The number of halogens is 6. The number of nitrogens with two attached hydrogens (primary N) is 1. The molecule has 9 nitrogen and oxygen atoms in total. The maximum absolute atomic E-state index is 13.3. The van der Waals surface area contributed by atoms with Crippen LogP contribution in [0.15, 0.2) is 18.5 Å². The molecule has 0 radical (unpaired) electrons. The van der Waals surface area contributed by atoms with Gasteiger partial charge < -0.3 is 25.4 Å². The zero-order chi connectivity index (χ0) is 27.3. The Bertz CT molecular complexity index is 1110. The highest BCUT2D eigenvalue weighted by Gasteiger charge is 2.49. The molecule has 3 heterocycles. The normalized spacial score (nSPS) is 21.9. The lowest BCUT2D eigenvalue weighted by Crippen LogP contribution is -2.43. The van der Waals surface area contributed by atoms with Gasteiger partial charge in [-0.2, -0.15) is 31.4 Å². The van der Waals surface area contributed by atoms with Gasteiger partial charge in [0, 0.05) is 12.7 Å². The molecule has 0 aliphatic carbocycles. The SMILES string of the molecule is [2H]C1([2H])[C@@H](C(F)(F)F)NC(=O)N1[C@H](COC)c1cnn2cc([C@@H](N)COC(C)(C)C(F)(F)F)nc2c1. The number of nitrogens with one attached hydrogen (secondary N) is 1. The molecule has 1 fully saturated rings. The number of amides is 2. The summed E-state index contributed by atoms with van der Waals surface area (Å²) in [6.45, 7) is -2.35. The van der Waals surface area contributed by atoms with Crippen molar-refractivity contribution in [3.8, 4) is 0 Å². The van der Waals surface area contributed by atoms with Gasteiger partial charge in [0.1, 0.15) is 6.04 Å². The minimum Gasteiger partial charge on any atom is -0.382 e. The van der Waals surface area contributed by atoms with Gasteiger partial charge in [0.05, 0.1) is 52.6 Å². The van der Waals surface area contributed by atoms with E-state index in [9.17, 15) is 31.1 Å². The Morgan fingerprint density at radius 2 is 1.97 bits per heavy atom. The number of aromatic nitrogens is 3. The number of ether oxygens (including phenoxy) is 2. The maximum Gasteiger partial charge on any atom is 0.416 e. The first-order valence-electron chi connectivity index (χ1n) is 10.9. The topological polar surface area (TPSA) is 107 Å². The molecular weight excluding hydrogens is 474 g/mol. The van der Waals surface area contributed by atoms with Crippen LogP contribution in [0, 0.1) is 0 Å². The molecule has 190 valence electrons. The monoisotopic (exact) mass is 500 g/mol. The Morgan fingerprint density at radius 3 is 2.53 bits per heavy atom. The van der Waals surface area contributed by atoms with Crippen molar-refractivity contribution >= 4 is 11.7 Å². The number of nitrogens with zero attached hydrogens (tertiary/aromatic N) is 4. The minimum absolute atomic E-state index is 0.0988. The standard InChI is InChI=1S/C19H24F6N6O3/c1-17(2,19(23,24)25)34-8-11(26)12-6-31-15(28-12)4-10(5-27-31)13(9-33-3)30-7-14(18(20,21)22)29-16(30)32/h4-6,11,13-14H,7-9,26H2,1-3H3,(H,29,32)/t11-,13+,14-/m0/s1/i7D2. The highest BCUT2D eigenvalue weighted by molar-refractivity contribution is 5.77. The fraction of sp³-hybridized carbons (Fsp3) is 0.632. The van der Waals surface area contributed by atoms with E-state index in [1.54, 1.807) is 5.32 Å². The molecule has 15 heteroatoms. The van der Waals surface area contributed by atoms with E-state index in [2.05, 4.69) is 10.1 Å². The summed E-state index contributed by atoms with van der Waals surface area (Å²) in [7, 11) is 1.22. The van der Waals surface area contributed by atoms with E-state index < -0.39 is 55.2 Å². The summed E-state index contributed by atoms with van der Waals surface area (Å²) in [6, 6.07) is -5.13. The smallest absolute Gasteiger partial charge is 0.382 e. The second-order valence-corrected chi connectivity index (χ2v) is 8.08. The minimum atomic E-state index is -5.05. The van der Waals surface area contributed by atoms with Crippen LogP contribution in [-0.4, -0.2) is 76.3 Å². The molecule has 0 spiro atoms. The number of carbonyl (C=O) groups is 1. The van der Waals surface area contributed by atoms with E-state index in [1.807, 2.05) is 0 Å². The predicted octanol–water partition coefficient (Wildman–Crippen LogP) is 2.73.